The molecule has 1 aromatic rings. The van der Waals surface area contributed by atoms with E-state index < -0.39 is 0 Å². The van der Waals surface area contributed by atoms with Gasteiger partial charge in [-0.05, 0) is 62.0 Å². The minimum atomic E-state index is -0.367. The fourth-order valence-corrected chi connectivity index (χ4v) is 2.66. The van der Waals surface area contributed by atoms with Crippen molar-refractivity contribution < 1.29 is 14.3 Å². The van der Waals surface area contributed by atoms with Gasteiger partial charge in [0.2, 0.25) is 0 Å². The van der Waals surface area contributed by atoms with Gasteiger partial charge in [0.25, 0.3) is 0 Å². The van der Waals surface area contributed by atoms with Crippen molar-refractivity contribution in [2.45, 2.75) is 52.2 Å². The van der Waals surface area contributed by atoms with E-state index in [4.69, 9.17) is 26.8 Å². The van der Waals surface area contributed by atoms with Gasteiger partial charge in [-0.2, -0.15) is 0 Å². The van der Waals surface area contributed by atoms with E-state index in [9.17, 15) is 4.79 Å². The van der Waals surface area contributed by atoms with Crippen LogP contribution in [0.15, 0.2) is 10.5 Å². The van der Waals surface area contributed by atoms with Crippen LogP contribution in [0.25, 0.3) is 0 Å². The first-order valence-corrected chi connectivity index (χ1v) is 9.42. The highest BCUT2D eigenvalue weighted by Crippen LogP contribution is 2.27. The highest BCUT2D eigenvalue weighted by molar-refractivity contribution is 9.10. The first kappa shape index (κ1) is 22.0. The number of nitrogens with zero attached hydrogens (tertiary/aromatic N) is 2. The largest absolute Gasteiger partial charge is 0.495 e. The molecule has 1 amide bonds. The molecule has 0 bridgehead atoms. The van der Waals surface area contributed by atoms with Crippen molar-refractivity contribution in [1.82, 2.24) is 9.88 Å². The highest BCUT2D eigenvalue weighted by atomic mass is 79.9. The lowest BCUT2D eigenvalue weighted by molar-refractivity contribution is 0.0216. The van der Waals surface area contributed by atoms with Crippen LogP contribution in [0, 0.1) is 0 Å². The molecule has 1 aromatic heterocycles. The summed E-state index contributed by atoms with van der Waals surface area (Å²) in [6.07, 6.45) is 3.30. The lowest BCUT2D eigenvalue weighted by Gasteiger charge is -2.29. The number of amides is 1. The van der Waals surface area contributed by atoms with E-state index in [-0.39, 0.29) is 11.7 Å². The maximum absolute atomic E-state index is 11.5. The second-order valence-corrected chi connectivity index (χ2v) is 7.85. The third-order valence-corrected chi connectivity index (χ3v) is 4.51. The molecule has 0 aromatic carbocycles. The van der Waals surface area contributed by atoms with E-state index >= 15 is 0 Å². The predicted molar refractivity (Wildman–Crippen MR) is 103 cm³/mol. The number of hydrogen-bond acceptors (Lipinski definition) is 5. The topological polar surface area (TPSA) is 77.7 Å². The van der Waals surface area contributed by atoms with E-state index in [1.165, 1.54) is 6.42 Å². The number of halogens is 2. The first-order valence-electron chi connectivity index (χ1n) is 8.25. The number of hydrogen-bond donors (Lipinski definition) is 1. The number of carbonyl (C=O) groups excluding carboxylic acids is 1. The van der Waals surface area contributed by atoms with Crippen molar-refractivity contribution in [3.63, 3.8) is 0 Å². The van der Waals surface area contributed by atoms with E-state index in [0.29, 0.717) is 27.6 Å². The van der Waals surface area contributed by atoms with Crippen LogP contribution in [-0.4, -0.2) is 41.8 Å². The van der Waals surface area contributed by atoms with Gasteiger partial charge in [-0.3, -0.25) is 0 Å². The zero-order valence-corrected chi connectivity index (χ0v) is 17.6. The van der Waals surface area contributed by atoms with E-state index in [0.717, 1.165) is 25.9 Å². The molecule has 0 unspecified atom stereocenters. The Bertz CT molecular complexity index is 544. The highest BCUT2D eigenvalue weighted by Gasteiger charge is 2.22. The number of nitrogens with two attached hydrogens (primary N) is 1. The van der Waals surface area contributed by atoms with E-state index in [1.807, 2.05) is 20.8 Å². The summed E-state index contributed by atoms with van der Waals surface area (Å²) in [4.78, 5) is 17.3. The van der Waals surface area contributed by atoms with Gasteiger partial charge in [-0.25, -0.2) is 9.78 Å². The molecule has 8 heteroatoms. The molecule has 6 nitrogen and oxygen atoms in total. The van der Waals surface area contributed by atoms with Gasteiger partial charge >= 0.3 is 6.09 Å². The number of aromatic nitrogens is 1. The van der Waals surface area contributed by atoms with Crippen LogP contribution in [0.3, 0.4) is 0 Å². The van der Waals surface area contributed by atoms with Crippen molar-refractivity contribution in [2.75, 3.05) is 20.2 Å². The monoisotopic (exact) mass is 435 g/mol. The van der Waals surface area contributed by atoms with Crippen LogP contribution in [0.5, 0.6) is 5.75 Å². The Hall–Kier alpha value is -1.05. The molecule has 25 heavy (non-hydrogen) atoms. The van der Waals surface area contributed by atoms with E-state index in [1.54, 1.807) is 18.1 Å². The second-order valence-electron chi connectivity index (χ2n) is 6.64. The molecule has 1 saturated heterocycles. The molecule has 0 radical (unpaired) electrons. The molecular weight excluding hydrogens is 410 g/mol. The SMILES string of the molecule is CC(C)(C)OC(=O)N1CCCCC1.COc1cc(Br)c(Cl)nc1CN. The summed E-state index contributed by atoms with van der Waals surface area (Å²) >= 11 is 8.99. The second kappa shape index (κ2) is 10.2. The van der Waals surface area contributed by atoms with Crippen molar-refractivity contribution in [3.05, 3.63) is 21.4 Å². The summed E-state index contributed by atoms with van der Waals surface area (Å²) in [6.45, 7) is 7.72. The molecule has 2 heterocycles. The molecule has 1 fully saturated rings. The maximum Gasteiger partial charge on any atom is 0.410 e. The minimum absolute atomic E-state index is 0.160. The van der Waals surface area contributed by atoms with Crippen molar-refractivity contribution in [2.24, 2.45) is 5.73 Å². The smallest absolute Gasteiger partial charge is 0.410 e. The molecule has 0 saturated carbocycles. The average molecular weight is 437 g/mol. The Labute approximate surface area is 163 Å². The summed E-state index contributed by atoms with van der Waals surface area (Å²) in [5.41, 5.74) is 5.72. The average Bonchev–Trinajstić information content (AvgIpc) is 2.56. The molecule has 0 aliphatic carbocycles. The number of ether oxygens (including phenoxy) is 2. The van der Waals surface area contributed by atoms with Crippen LogP contribution in [-0.2, 0) is 11.3 Å². The zero-order valence-electron chi connectivity index (χ0n) is 15.3. The van der Waals surface area contributed by atoms with Crippen molar-refractivity contribution in [1.29, 1.82) is 0 Å². The van der Waals surface area contributed by atoms with Gasteiger partial charge in [0.05, 0.1) is 17.3 Å². The van der Waals surface area contributed by atoms with Gasteiger partial charge in [0.15, 0.2) is 0 Å². The van der Waals surface area contributed by atoms with Crippen LogP contribution in [0.2, 0.25) is 5.15 Å². The standard InChI is InChI=1S/C10H19NO2.C7H8BrClN2O/c1-10(2,3)13-9(12)11-7-5-4-6-8-11;1-12-6-2-4(8)7(9)11-5(6)3-10/h4-8H2,1-3H3;2H,3,10H2,1H3. The molecule has 1 aliphatic rings. The third-order valence-electron chi connectivity index (χ3n) is 3.39. The van der Waals surface area contributed by atoms with Crippen molar-refractivity contribution >= 4 is 33.6 Å². The van der Waals surface area contributed by atoms with Crippen LogP contribution in [0.1, 0.15) is 45.7 Å². The lowest BCUT2D eigenvalue weighted by Crippen LogP contribution is -2.39. The lowest BCUT2D eigenvalue weighted by atomic mass is 10.1. The fourth-order valence-electron chi connectivity index (χ4n) is 2.21. The van der Waals surface area contributed by atoms with Gasteiger partial charge in [0, 0.05) is 19.6 Å². The number of pyridine rings is 1. The number of methoxy groups -OCH3 is 1. The molecule has 0 spiro atoms. The minimum Gasteiger partial charge on any atom is -0.495 e. The molecule has 2 rings (SSSR count). The number of likely N-dealkylation sites (tertiary alicyclic amines) is 1. The summed E-state index contributed by atoms with van der Waals surface area (Å²) in [7, 11) is 1.57. The number of piperidine rings is 1. The predicted octanol–water partition coefficient (Wildman–Crippen LogP) is 4.37. The number of carbonyl (C=O) groups is 1. The van der Waals surface area contributed by atoms with Crippen LogP contribution >= 0.6 is 27.5 Å². The van der Waals surface area contributed by atoms with Gasteiger partial charge in [-0.1, -0.05) is 11.6 Å². The Kier molecular flexibility index (Phi) is 8.96. The Morgan fingerprint density at radius 3 is 2.44 bits per heavy atom. The summed E-state index contributed by atoms with van der Waals surface area (Å²) in [5.74, 6) is 0.647. The summed E-state index contributed by atoms with van der Waals surface area (Å²) in [5, 5.41) is 0.399. The summed E-state index contributed by atoms with van der Waals surface area (Å²) in [6, 6.07) is 1.75. The molecule has 0 atom stereocenters. The van der Waals surface area contributed by atoms with Crippen molar-refractivity contribution in [3.8, 4) is 5.75 Å². The van der Waals surface area contributed by atoms with Gasteiger partial charge in [-0.15, -0.1) is 0 Å². The Balaban J connectivity index is 0.000000251. The van der Waals surface area contributed by atoms with Gasteiger partial charge < -0.3 is 20.1 Å². The Morgan fingerprint density at radius 2 is 1.96 bits per heavy atom. The third kappa shape index (κ3) is 7.79. The van der Waals surface area contributed by atoms with Crippen LogP contribution in [0.4, 0.5) is 4.79 Å². The van der Waals surface area contributed by atoms with E-state index in [2.05, 4.69) is 20.9 Å². The normalized spacial score (nSPS) is 14.4. The molecule has 1 aliphatic heterocycles. The fraction of sp³-hybridized carbons (Fsp3) is 0.647. The number of rotatable bonds is 2. The Morgan fingerprint density at radius 1 is 1.36 bits per heavy atom. The molecule has 142 valence electrons. The van der Waals surface area contributed by atoms with Crippen LogP contribution < -0.4 is 10.5 Å². The van der Waals surface area contributed by atoms with Gasteiger partial charge in [0.1, 0.15) is 16.5 Å². The quantitative estimate of drug-likeness (QED) is 0.696. The molecular formula is C17H27BrClN3O3. The summed E-state index contributed by atoms with van der Waals surface area (Å²) < 4.78 is 11.0. The molecule has 2 N–H and O–H groups in total. The maximum atomic E-state index is 11.5. The zero-order chi connectivity index (χ0) is 19.0. The first-order chi connectivity index (χ1) is 11.7.